The van der Waals surface area contributed by atoms with Crippen molar-refractivity contribution < 1.29 is 4.74 Å². The molecule has 0 saturated carbocycles. The van der Waals surface area contributed by atoms with E-state index in [1.165, 1.54) is 11.1 Å². The maximum absolute atomic E-state index is 5.92. The Labute approximate surface area is 206 Å². The van der Waals surface area contributed by atoms with Crippen molar-refractivity contribution in [1.82, 2.24) is 14.9 Å². The Morgan fingerprint density at radius 2 is 1.62 bits per heavy atom. The van der Waals surface area contributed by atoms with Crippen LogP contribution in [0.1, 0.15) is 40.3 Å². The number of hydrogen-bond acceptors (Lipinski definition) is 3. The van der Waals surface area contributed by atoms with E-state index in [1.54, 1.807) is 7.11 Å². The number of nitrogens with one attached hydrogen (secondary N) is 1. The van der Waals surface area contributed by atoms with E-state index in [0.717, 1.165) is 34.2 Å². The molecular formula is C28H28N4OS. The molecule has 1 aliphatic heterocycles. The molecule has 3 heterocycles. The van der Waals surface area contributed by atoms with Crippen LogP contribution in [0.3, 0.4) is 0 Å². The Morgan fingerprint density at radius 1 is 0.882 bits per heavy atom. The summed E-state index contributed by atoms with van der Waals surface area (Å²) in [5, 5.41) is 4.27. The van der Waals surface area contributed by atoms with Gasteiger partial charge < -0.3 is 19.5 Å². The van der Waals surface area contributed by atoms with Gasteiger partial charge in [0, 0.05) is 29.0 Å². The highest BCUT2D eigenvalue weighted by molar-refractivity contribution is 7.80. The van der Waals surface area contributed by atoms with Crippen LogP contribution >= 0.6 is 12.2 Å². The lowest BCUT2D eigenvalue weighted by Gasteiger charge is -2.30. The van der Waals surface area contributed by atoms with Gasteiger partial charge in [-0.25, -0.2) is 0 Å². The van der Waals surface area contributed by atoms with E-state index < -0.39 is 0 Å². The fraction of sp³-hybridized carbons (Fsp3) is 0.214. The summed E-state index contributed by atoms with van der Waals surface area (Å²) >= 11 is 5.92. The molecule has 2 atom stereocenters. The molecule has 5 rings (SSSR count). The summed E-state index contributed by atoms with van der Waals surface area (Å²) in [5.41, 5.74) is 7.83. The van der Waals surface area contributed by atoms with Crippen molar-refractivity contribution in [2.24, 2.45) is 0 Å². The largest absolute Gasteiger partial charge is 0.497 e. The van der Waals surface area contributed by atoms with Crippen LogP contribution in [0.5, 0.6) is 5.75 Å². The van der Waals surface area contributed by atoms with Gasteiger partial charge in [0.05, 0.1) is 18.8 Å². The SMILES string of the molecule is COc1ccc(-n2c(C)ccc2[C@@H]2[C@@H](c3ccccn3)NC(=S)N2c2cc(C)cc(C)c2)cc1. The summed E-state index contributed by atoms with van der Waals surface area (Å²) in [7, 11) is 1.69. The van der Waals surface area contributed by atoms with Crippen LogP contribution in [-0.2, 0) is 0 Å². The number of pyridine rings is 1. The minimum Gasteiger partial charge on any atom is -0.497 e. The maximum atomic E-state index is 5.92. The van der Waals surface area contributed by atoms with Crippen molar-refractivity contribution in [3.63, 3.8) is 0 Å². The lowest BCUT2D eigenvalue weighted by atomic mass is 10.00. The second-order valence-corrected chi connectivity index (χ2v) is 9.16. The minimum absolute atomic E-state index is 0.0839. The first-order valence-corrected chi connectivity index (χ1v) is 11.8. The monoisotopic (exact) mass is 468 g/mol. The average molecular weight is 469 g/mol. The normalized spacial score (nSPS) is 17.6. The van der Waals surface area contributed by atoms with E-state index in [2.05, 4.69) is 84.1 Å². The predicted octanol–water partition coefficient (Wildman–Crippen LogP) is 5.98. The van der Waals surface area contributed by atoms with Gasteiger partial charge in [-0.05, 0) is 105 Å². The fourth-order valence-corrected chi connectivity index (χ4v) is 5.24. The first-order valence-electron chi connectivity index (χ1n) is 11.4. The summed E-state index contributed by atoms with van der Waals surface area (Å²) in [6, 6.07) is 25.0. The summed E-state index contributed by atoms with van der Waals surface area (Å²) in [5.74, 6) is 0.835. The lowest BCUT2D eigenvalue weighted by molar-refractivity contribution is 0.414. The van der Waals surface area contributed by atoms with Gasteiger partial charge in [-0.15, -0.1) is 0 Å². The van der Waals surface area contributed by atoms with Gasteiger partial charge in [-0.3, -0.25) is 4.98 Å². The minimum atomic E-state index is -0.0965. The van der Waals surface area contributed by atoms with Gasteiger partial charge in [0.15, 0.2) is 5.11 Å². The highest BCUT2D eigenvalue weighted by Gasteiger charge is 2.42. The molecule has 0 bridgehead atoms. The molecule has 0 spiro atoms. The van der Waals surface area contributed by atoms with E-state index in [9.17, 15) is 0 Å². The van der Waals surface area contributed by atoms with Crippen LogP contribution in [0, 0.1) is 20.8 Å². The standard InChI is InChI=1S/C28H28N4OS/c1-18-15-19(2)17-22(16-18)32-27(26(30-28(32)34)24-7-5-6-14-29-24)25-13-8-20(3)31(25)21-9-11-23(33-4)12-10-21/h5-17,26-27H,1-4H3,(H,30,34)/t26-,27-/m1/s1. The molecule has 2 aromatic carbocycles. The van der Waals surface area contributed by atoms with E-state index in [4.69, 9.17) is 21.9 Å². The third kappa shape index (κ3) is 3.94. The van der Waals surface area contributed by atoms with Gasteiger partial charge >= 0.3 is 0 Å². The van der Waals surface area contributed by atoms with Gasteiger partial charge in [-0.2, -0.15) is 0 Å². The molecule has 172 valence electrons. The molecule has 6 heteroatoms. The second-order valence-electron chi connectivity index (χ2n) is 8.78. The molecule has 0 unspecified atom stereocenters. The van der Waals surface area contributed by atoms with E-state index >= 15 is 0 Å². The van der Waals surface area contributed by atoms with Gasteiger partial charge in [0.1, 0.15) is 11.8 Å². The third-order valence-corrected chi connectivity index (χ3v) is 6.64. The summed E-state index contributed by atoms with van der Waals surface area (Å²) in [4.78, 5) is 6.93. The number of hydrogen-bond donors (Lipinski definition) is 1. The van der Waals surface area contributed by atoms with Crippen LogP contribution in [0.2, 0.25) is 0 Å². The summed E-state index contributed by atoms with van der Waals surface area (Å²) in [6.07, 6.45) is 1.84. The smallest absolute Gasteiger partial charge is 0.174 e. The van der Waals surface area contributed by atoms with Crippen LogP contribution in [-0.4, -0.2) is 21.8 Å². The zero-order valence-electron chi connectivity index (χ0n) is 19.8. The number of thiocarbonyl (C=S) groups is 1. The molecule has 1 fully saturated rings. The number of nitrogens with zero attached hydrogens (tertiary/aromatic N) is 3. The number of benzene rings is 2. The molecule has 0 aliphatic carbocycles. The van der Waals surface area contributed by atoms with Crippen molar-refractivity contribution >= 4 is 23.0 Å². The Balaban J connectivity index is 1.70. The van der Waals surface area contributed by atoms with Crippen LogP contribution in [0.4, 0.5) is 5.69 Å². The van der Waals surface area contributed by atoms with Crippen molar-refractivity contribution in [3.05, 3.63) is 107 Å². The predicted molar refractivity (Wildman–Crippen MR) is 141 cm³/mol. The first kappa shape index (κ1) is 22.2. The quantitative estimate of drug-likeness (QED) is 0.365. The molecule has 1 aliphatic rings. The number of aromatic nitrogens is 2. The lowest BCUT2D eigenvalue weighted by Crippen LogP contribution is -2.30. The van der Waals surface area contributed by atoms with Crippen molar-refractivity contribution in [2.45, 2.75) is 32.9 Å². The van der Waals surface area contributed by atoms with E-state index in [-0.39, 0.29) is 12.1 Å². The number of methoxy groups -OCH3 is 1. The Hall–Kier alpha value is -3.64. The van der Waals surface area contributed by atoms with Crippen LogP contribution in [0.25, 0.3) is 5.69 Å². The van der Waals surface area contributed by atoms with Gasteiger partial charge in [-0.1, -0.05) is 12.1 Å². The van der Waals surface area contributed by atoms with Crippen molar-refractivity contribution in [3.8, 4) is 11.4 Å². The van der Waals surface area contributed by atoms with Crippen LogP contribution in [0.15, 0.2) is 79.0 Å². The molecule has 1 N–H and O–H groups in total. The van der Waals surface area contributed by atoms with Gasteiger partial charge in [0.2, 0.25) is 0 Å². The second kappa shape index (κ2) is 8.95. The Kier molecular flexibility index (Phi) is 5.84. The molecule has 0 amide bonds. The highest BCUT2D eigenvalue weighted by atomic mass is 32.1. The molecule has 4 aromatic rings. The van der Waals surface area contributed by atoms with Crippen molar-refractivity contribution in [2.75, 3.05) is 12.0 Å². The molecule has 2 aromatic heterocycles. The zero-order chi connectivity index (χ0) is 23.8. The molecule has 1 saturated heterocycles. The number of anilines is 1. The highest BCUT2D eigenvalue weighted by Crippen LogP contribution is 2.43. The van der Waals surface area contributed by atoms with Crippen molar-refractivity contribution in [1.29, 1.82) is 0 Å². The fourth-order valence-electron chi connectivity index (χ4n) is 4.90. The number of rotatable bonds is 5. The summed E-state index contributed by atoms with van der Waals surface area (Å²) < 4.78 is 7.68. The zero-order valence-corrected chi connectivity index (χ0v) is 20.6. The Morgan fingerprint density at radius 3 is 2.26 bits per heavy atom. The summed E-state index contributed by atoms with van der Waals surface area (Å²) in [6.45, 7) is 6.38. The Bertz CT molecular complexity index is 1310. The maximum Gasteiger partial charge on any atom is 0.174 e. The molecule has 0 radical (unpaired) electrons. The van der Waals surface area contributed by atoms with Crippen LogP contribution < -0.4 is 15.0 Å². The van der Waals surface area contributed by atoms with E-state index in [0.29, 0.717) is 5.11 Å². The van der Waals surface area contributed by atoms with E-state index in [1.807, 2.05) is 30.5 Å². The third-order valence-electron chi connectivity index (χ3n) is 6.32. The topological polar surface area (TPSA) is 42.3 Å². The average Bonchev–Trinajstić information content (AvgIpc) is 3.38. The molecular weight excluding hydrogens is 440 g/mol. The van der Waals surface area contributed by atoms with Gasteiger partial charge in [0.25, 0.3) is 0 Å². The molecule has 34 heavy (non-hydrogen) atoms. The molecule has 5 nitrogen and oxygen atoms in total. The first-order chi connectivity index (χ1) is 16.5. The number of aryl methyl sites for hydroxylation is 3. The number of ether oxygens (including phenoxy) is 1.